The molecule has 37 heavy (non-hydrogen) atoms. The van der Waals surface area contributed by atoms with Gasteiger partial charge in [-0.1, -0.05) is 13.0 Å². The lowest BCUT2D eigenvalue weighted by Crippen LogP contribution is -2.49. The maximum absolute atomic E-state index is 13.8. The number of rotatable bonds is 11. The lowest BCUT2D eigenvalue weighted by Gasteiger charge is -2.36. The number of aryl methyl sites for hydroxylation is 2. The first-order chi connectivity index (χ1) is 17.9. The predicted octanol–water partition coefficient (Wildman–Crippen LogP) is 5.01. The molecule has 0 spiro atoms. The molecule has 2 heterocycles. The topological polar surface area (TPSA) is 63.0 Å². The van der Waals surface area contributed by atoms with Crippen LogP contribution in [0.5, 0.6) is 0 Å². The van der Waals surface area contributed by atoms with Crippen LogP contribution >= 0.6 is 0 Å². The molecule has 0 atom stereocenters. The first-order valence-corrected chi connectivity index (χ1v) is 13.1. The van der Waals surface area contributed by atoms with Crippen LogP contribution in [0.3, 0.4) is 0 Å². The smallest absolute Gasteiger partial charge is 0.244 e. The van der Waals surface area contributed by atoms with Crippen molar-refractivity contribution in [3.8, 4) is 11.3 Å². The molecule has 1 aromatic heterocycles. The van der Waals surface area contributed by atoms with Gasteiger partial charge >= 0.3 is 0 Å². The van der Waals surface area contributed by atoms with Crippen molar-refractivity contribution in [2.75, 3.05) is 39.9 Å². The van der Waals surface area contributed by atoms with Gasteiger partial charge in [0.25, 0.3) is 0 Å². The van der Waals surface area contributed by atoms with Crippen LogP contribution in [0.25, 0.3) is 11.3 Å². The lowest BCUT2D eigenvalue weighted by atomic mass is 10.1. The molecule has 0 radical (unpaired) electrons. The Bertz CT molecular complexity index is 1140. The quantitative estimate of drug-likeness (QED) is 0.316. The normalized spacial score (nSPS) is 15.2. The summed E-state index contributed by atoms with van der Waals surface area (Å²) in [4.78, 5) is 22.1. The van der Waals surface area contributed by atoms with E-state index in [-0.39, 0.29) is 18.3 Å². The number of amides is 1. The van der Waals surface area contributed by atoms with E-state index in [0.717, 1.165) is 55.1 Å². The van der Waals surface area contributed by atoms with Crippen molar-refractivity contribution in [2.24, 2.45) is 4.99 Å². The Morgan fingerprint density at radius 1 is 1.19 bits per heavy atom. The van der Waals surface area contributed by atoms with E-state index in [1.54, 1.807) is 30.8 Å². The molecular formula is C29H40FN5O2. The molecule has 0 saturated carbocycles. The van der Waals surface area contributed by atoms with Crippen molar-refractivity contribution in [2.45, 2.75) is 53.5 Å². The van der Waals surface area contributed by atoms with Gasteiger partial charge in [-0.2, -0.15) is 5.10 Å². The Morgan fingerprint density at radius 2 is 1.92 bits per heavy atom. The van der Waals surface area contributed by atoms with Crippen molar-refractivity contribution in [3.05, 3.63) is 64.9 Å². The minimum Gasteiger partial charge on any atom is -0.385 e. The van der Waals surface area contributed by atoms with Gasteiger partial charge in [-0.25, -0.2) is 9.38 Å². The molecule has 0 aliphatic carbocycles. The summed E-state index contributed by atoms with van der Waals surface area (Å²) < 4.78 is 20.8. The fraction of sp³-hybridized carbons (Fsp3) is 0.483. The van der Waals surface area contributed by atoms with Crippen LogP contribution in [0.4, 0.5) is 4.39 Å². The summed E-state index contributed by atoms with van der Waals surface area (Å²) in [7, 11) is 1.68. The van der Waals surface area contributed by atoms with Crippen LogP contribution in [0.15, 0.2) is 52.8 Å². The highest BCUT2D eigenvalue weighted by Gasteiger charge is 2.24. The number of ether oxygens (including phenoxy) is 1. The third-order valence-corrected chi connectivity index (χ3v) is 6.70. The number of methoxy groups -OCH3 is 1. The average molecular weight is 510 g/mol. The summed E-state index contributed by atoms with van der Waals surface area (Å²) >= 11 is 0. The predicted molar refractivity (Wildman–Crippen MR) is 147 cm³/mol. The summed E-state index contributed by atoms with van der Waals surface area (Å²) in [5, 5.41) is 4.75. The first-order valence-electron chi connectivity index (χ1n) is 13.1. The molecule has 1 fully saturated rings. The van der Waals surface area contributed by atoms with Crippen LogP contribution in [-0.4, -0.2) is 71.6 Å². The number of piperazine rings is 1. The van der Waals surface area contributed by atoms with Crippen LogP contribution in [-0.2, 0) is 22.5 Å². The van der Waals surface area contributed by atoms with E-state index in [2.05, 4.69) is 23.7 Å². The zero-order valence-electron chi connectivity index (χ0n) is 22.8. The second-order valence-electron chi connectivity index (χ2n) is 9.37. The van der Waals surface area contributed by atoms with Gasteiger partial charge in [0.05, 0.1) is 5.69 Å². The Labute approximate surface area is 220 Å². The Balaban J connectivity index is 1.72. The van der Waals surface area contributed by atoms with Crippen molar-refractivity contribution >= 4 is 12.1 Å². The zero-order chi connectivity index (χ0) is 26.8. The standard InChI is InChI=1S/C29H40FN5O2/c1-6-8-13-31-29(22(3)7-2)34-16-14-33(15-17-34)28(36)21-35-25(10-9-18-37-5)20-27(32-35)24-11-12-26(30)23(4)19-24/h6,8,11-13,19-20H,7,9-10,14-18,21H2,1-5H3/b8-6-,29-22-,31-13-. The van der Waals surface area contributed by atoms with Gasteiger partial charge in [-0.15, -0.1) is 0 Å². The van der Waals surface area contributed by atoms with Crippen molar-refractivity contribution in [1.82, 2.24) is 19.6 Å². The Kier molecular flexibility index (Phi) is 10.6. The van der Waals surface area contributed by atoms with E-state index >= 15 is 0 Å². The monoisotopic (exact) mass is 509 g/mol. The van der Waals surface area contributed by atoms with Crippen LogP contribution in [0.2, 0.25) is 0 Å². The second-order valence-corrected chi connectivity index (χ2v) is 9.37. The molecule has 1 aliphatic heterocycles. The molecule has 1 aromatic carbocycles. The maximum atomic E-state index is 13.8. The van der Waals surface area contributed by atoms with Crippen LogP contribution in [0, 0.1) is 12.7 Å². The lowest BCUT2D eigenvalue weighted by molar-refractivity contribution is -0.133. The molecule has 0 unspecified atom stereocenters. The molecule has 0 bridgehead atoms. The minimum absolute atomic E-state index is 0.0488. The highest BCUT2D eigenvalue weighted by Crippen LogP contribution is 2.23. The summed E-state index contributed by atoms with van der Waals surface area (Å²) in [5.74, 6) is 0.810. The molecule has 3 rings (SSSR count). The Morgan fingerprint density at radius 3 is 2.57 bits per heavy atom. The van der Waals surface area contributed by atoms with E-state index in [1.807, 2.05) is 36.3 Å². The van der Waals surface area contributed by atoms with Gasteiger partial charge in [-0.05, 0) is 81.5 Å². The van der Waals surface area contributed by atoms with E-state index in [1.165, 1.54) is 11.6 Å². The molecule has 1 aliphatic rings. The van der Waals surface area contributed by atoms with Crippen molar-refractivity contribution in [1.29, 1.82) is 0 Å². The van der Waals surface area contributed by atoms with Crippen LogP contribution < -0.4 is 0 Å². The summed E-state index contributed by atoms with van der Waals surface area (Å²) in [6.07, 6.45) is 8.23. The van der Waals surface area contributed by atoms with Crippen LogP contribution in [0.1, 0.15) is 44.9 Å². The largest absolute Gasteiger partial charge is 0.385 e. The highest BCUT2D eigenvalue weighted by molar-refractivity contribution is 5.76. The summed E-state index contributed by atoms with van der Waals surface area (Å²) in [5.41, 5.74) is 4.38. The number of hydrogen-bond acceptors (Lipinski definition) is 5. The molecule has 200 valence electrons. The third-order valence-electron chi connectivity index (χ3n) is 6.70. The number of benzene rings is 1. The molecule has 8 heteroatoms. The fourth-order valence-electron chi connectivity index (χ4n) is 4.35. The fourth-order valence-corrected chi connectivity index (χ4v) is 4.35. The van der Waals surface area contributed by atoms with Gasteiger partial charge in [0.2, 0.25) is 5.91 Å². The van der Waals surface area contributed by atoms with Gasteiger partial charge in [0.1, 0.15) is 18.2 Å². The summed E-state index contributed by atoms with van der Waals surface area (Å²) in [6.45, 7) is 11.5. The van der Waals surface area contributed by atoms with E-state index in [0.29, 0.717) is 25.3 Å². The number of aromatic nitrogens is 2. The summed E-state index contributed by atoms with van der Waals surface area (Å²) in [6, 6.07) is 6.99. The van der Waals surface area contributed by atoms with Gasteiger partial charge in [-0.3, -0.25) is 9.48 Å². The number of hydrogen-bond donors (Lipinski definition) is 0. The molecule has 7 nitrogen and oxygen atoms in total. The van der Waals surface area contributed by atoms with Gasteiger partial charge < -0.3 is 14.5 Å². The zero-order valence-corrected chi connectivity index (χ0v) is 22.8. The second kappa shape index (κ2) is 13.9. The molecular weight excluding hydrogens is 469 g/mol. The number of aliphatic imine (C=N–C) groups is 1. The number of allylic oxidation sites excluding steroid dienone is 3. The maximum Gasteiger partial charge on any atom is 0.244 e. The molecule has 1 saturated heterocycles. The van der Waals surface area contributed by atoms with Crippen molar-refractivity contribution < 1.29 is 13.9 Å². The number of carbonyl (C=O) groups excluding carboxylic acids is 1. The minimum atomic E-state index is -0.238. The SMILES string of the molecule is C\C=C/C=N\C(=C(/C)CC)N1CCN(C(=O)Cn2nc(-c3ccc(F)c(C)c3)cc2CCCOC)CC1. The molecule has 0 N–H and O–H groups in total. The van der Waals surface area contributed by atoms with Gasteiger partial charge in [0.15, 0.2) is 0 Å². The molecule has 1 amide bonds. The third kappa shape index (κ3) is 7.61. The van der Waals surface area contributed by atoms with Gasteiger partial charge in [0, 0.05) is 57.4 Å². The Hall–Kier alpha value is -3.26. The molecule has 2 aromatic rings. The van der Waals surface area contributed by atoms with E-state index in [9.17, 15) is 9.18 Å². The van der Waals surface area contributed by atoms with Crippen molar-refractivity contribution in [3.63, 3.8) is 0 Å². The van der Waals surface area contributed by atoms with E-state index in [4.69, 9.17) is 9.84 Å². The number of carbonyl (C=O) groups is 1. The number of nitrogens with zero attached hydrogens (tertiary/aromatic N) is 5. The average Bonchev–Trinajstić information content (AvgIpc) is 3.30. The highest BCUT2D eigenvalue weighted by atomic mass is 19.1. The first kappa shape index (κ1) is 28.3. The number of halogens is 1. The van der Waals surface area contributed by atoms with E-state index < -0.39 is 0 Å².